The van der Waals surface area contributed by atoms with Crippen molar-refractivity contribution in [2.24, 2.45) is 5.73 Å². The number of rotatable bonds is 1. The monoisotopic (exact) mass is 153 g/mol. The topological polar surface area (TPSA) is 46.2 Å². The lowest BCUT2D eigenvalue weighted by molar-refractivity contribution is 0.00461. The highest BCUT2D eigenvalue weighted by Crippen LogP contribution is 2.29. The van der Waals surface area contributed by atoms with Crippen LogP contribution in [0.1, 0.15) is 32.1 Å². The van der Waals surface area contributed by atoms with Gasteiger partial charge in [-0.2, -0.15) is 0 Å². The van der Waals surface area contributed by atoms with Gasteiger partial charge in [-0.05, 0) is 25.7 Å². The molecule has 1 saturated carbocycles. The fourth-order valence-corrected chi connectivity index (χ4v) is 1.54. The molecule has 1 aliphatic rings. The van der Waals surface area contributed by atoms with Crippen LogP contribution in [-0.2, 0) is 0 Å². The summed E-state index contributed by atoms with van der Waals surface area (Å²) in [6, 6.07) is 0.271. The Hall–Kier alpha value is -0.520. The average molecular weight is 153 g/mol. The molecule has 2 nitrogen and oxygen atoms in total. The van der Waals surface area contributed by atoms with E-state index in [1.807, 2.05) is 0 Å². The Morgan fingerprint density at radius 1 is 1.55 bits per heavy atom. The summed E-state index contributed by atoms with van der Waals surface area (Å²) in [6.07, 6.45) is 8.94. The smallest absolute Gasteiger partial charge is 0.0757 e. The molecule has 0 unspecified atom stereocenters. The maximum Gasteiger partial charge on any atom is 0.0757 e. The van der Waals surface area contributed by atoms with Crippen LogP contribution in [0.2, 0.25) is 0 Å². The lowest BCUT2D eigenvalue weighted by atomic mass is 9.81. The highest BCUT2D eigenvalue weighted by molar-refractivity contribution is 4.97. The zero-order chi connectivity index (χ0) is 8.32. The van der Waals surface area contributed by atoms with Gasteiger partial charge in [0.2, 0.25) is 0 Å². The van der Waals surface area contributed by atoms with Gasteiger partial charge in [0.25, 0.3) is 0 Å². The molecular formula is C9H15NO. The fourth-order valence-electron chi connectivity index (χ4n) is 1.54. The van der Waals surface area contributed by atoms with Crippen molar-refractivity contribution in [3.63, 3.8) is 0 Å². The molecule has 0 aliphatic heterocycles. The van der Waals surface area contributed by atoms with Crippen LogP contribution in [-0.4, -0.2) is 16.7 Å². The zero-order valence-corrected chi connectivity index (χ0v) is 6.71. The molecule has 0 bridgehead atoms. The Labute approximate surface area is 67.8 Å². The second-order valence-electron chi connectivity index (χ2n) is 3.44. The van der Waals surface area contributed by atoms with Crippen LogP contribution in [0.4, 0.5) is 0 Å². The lowest BCUT2D eigenvalue weighted by Crippen LogP contribution is -2.38. The fraction of sp³-hybridized carbons (Fsp3) is 0.778. The molecule has 11 heavy (non-hydrogen) atoms. The van der Waals surface area contributed by atoms with E-state index < -0.39 is 5.60 Å². The van der Waals surface area contributed by atoms with Crippen molar-refractivity contribution in [1.29, 1.82) is 0 Å². The first-order chi connectivity index (χ1) is 5.16. The Balaban J connectivity index is 2.43. The summed E-state index contributed by atoms with van der Waals surface area (Å²) in [5.74, 6) is 2.50. The van der Waals surface area contributed by atoms with E-state index in [1.54, 1.807) is 0 Å². The summed E-state index contributed by atoms with van der Waals surface area (Å²) in [5.41, 5.74) is 5.08. The molecule has 0 aromatic carbocycles. The predicted octanol–water partition coefficient (Wildman–Crippen LogP) is 0.642. The number of terminal acetylenes is 1. The number of aliphatic hydroxyl groups is 1. The molecule has 1 rings (SSSR count). The molecule has 1 fully saturated rings. The molecule has 0 aromatic rings. The summed E-state index contributed by atoms with van der Waals surface area (Å²) in [5, 5.41) is 9.79. The third kappa shape index (κ3) is 2.21. The van der Waals surface area contributed by atoms with Crippen LogP contribution >= 0.6 is 0 Å². The molecule has 0 spiro atoms. The molecule has 0 atom stereocenters. The largest absolute Gasteiger partial charge is 0.389 e. The summed E-state index contributed by atoms with van der Waals surface area (Å²) in [7, 11) is 0. The van der Waals surface area contributed by atoms with E-state index in [9.17, 15) is 5.11 Å². The first-order valence-corrected chi connectivity index (χ1v) is 4.08. The van der Waals surface area contributed by atoms with Crippen LogP contribution in [0.25, 0.3) is 0 Å². The van der Waals surface area contributed by atoms with Crippen molar-refractivity contribution >= 4 is 0 Å². The molecule has 3 N–H and O–H groups in total. The van der Waals surface area contributed by atoms with Gasteiger partial charge in [0.15, 0.2) is 0 Å². The van der Waals surface area contributed by atoms with Crippen molar-refractivity contribution in [3.8, 4) is 12.3 Å². The minimum atomic E-state index is -0.607. The van der Waals surface area contributed by atoms with E-state index in [0.717, 1.165) is 25.7 Å². The molecule has 0 amide bonds. The minimum absolute atomic E-state index is 0.271. The number of nitrogens with two attached hydrogens (primary N) is 1. The van der Waals surface area contributed by atoms with Crippen LogP contribution in [0.15, 0.2) is 0 Å². The molecule has 0 aromatic heterocycles. The van der Waals surface area contributed by atoms with Crippen molar-refractivity contribution in [2.75, 3.05) is 0 Å². The normalized spacial score (nSPS) is 38.1. The summed E-state index contributed by atoms with van der Waals surface area (Å²) in [4.78, 5) is 0. The summed E-state index contributed by atoms with van der Waals surface area (Å²) >= 11 is 0. The van der Waals surface area contributed by atoms with E-state index in [0.29, 0.717) is 6.42 Å². The minimum Gasteiger partial charge on any atom is -0.389 e. The van der Waals surface area contributed by atoms with Gasteiger partial charge in [0.1, 0.15) is 0 Å². The summed E-state index contributed by atoms with van der Waals surface area (Å²) in [6.45, 7) is 0. The second-order valence-corrected chi connectivity index (χ2v) is 3.44. The van der Waals surface area contributed by atoms with E-state index in [1.165, 1.54) is 0 Å². The second kappa shape index (κ2) is 3.25. The SMILES string of the molecule is C#CCC1(O)CCC(N)CC1. The van der Waals surface area contributed by atoms with Crippen LogP contribution in [0.3, 0.4) is 0 Å². The maximum atomic E-state index is 9.79. The first-order valence-electron chi connectivity index (χ1n) is 4.08. The van der Waals surface area contributed by atoms with E-state index in [2.05, 4.69) is 5.92 Å². The molecule has 62 valence electrons. The van der Waals surface area contributed by atoms with Gasteiger partial charge >= 0.3 is 0 Å². The van der Waals surface area contributed by atoms with Crippen molar-refractivity contribution in [2.45, 2.75) is 43.7 Å². The zero-order valence-electron chi connectivity index (χ0n) is 6.71. The number of hydrogen-bond acceptors (Lipinski definition) is 2. The van der Waals surface area contributed by atoms with E-state index in [4.69, 9.17) is 12.2 Å². The highest BCUT2D eigenvalue weighted by Gasteiger charge is 2.30. The van der Waals surface area contributed by atoms with Gasteiger partial charge in [-0.1, -0.05) is 0 Å². The average Bonchev–Trinajstić information content (AvgIpc) is 1.97. The van der Waals surface area contributed by atoms with Crippen molar-refractivity contribution in [1.82, 2.24) is 0 Å². The van der Waals surface area contributed by atoms with Crippen molar-refractivity contribution < 1.29 is 5.11 Å². The standard InChI is InChI=1S/C9H15NO/c1-2-5-9(11)6-3-8(10)4-7-9/h1,8,11H,3-7,10H2. The van der Waals surface area contributed by atoms with E-state index in [-0.39, 0.29) is 6.04 Å². The maximum absolute atomic E-state index is 9.79. The van der Waals surface area contributed by atoms with Gasteiger partial charge in [-0.25, -0.2) is 0 Å². The predicted molar refractivity (Wildman–Crippen MR) is 44.8 cm³/mol. The lowest BCUT2D eigenvalue weighted by Gasteiger charge is -2.33. The Kier molecular flexibility index (Phi) is 2.53. The van der Waals surface area contributed by atoms with Crippen LogP contribution in [0.5, 0.6) is 0 Å². The van der Waals surface area contributed by atoms with Crippen LogP contribution in [0, 0.1) is 12.3 Å². The summed E-state index contributed by atoms with van der Waals surface area (Å²) < 4.78 is 0. The molecule has 0 radical (unpaired) electrons. The Morgan fingerprint density at radius 2 is 2.09 bits per heavy atom. The van der Waals surface area contributed by atoms with Gasteiger partial charge in [0, 0.05) is 12.5 Å². The molecular weight excluding hydrogens is 138 g/mol. The third-order valence-corrected chi connectivity index (χ3v) is 2.39. The van der Waals surface area contributed by atoms with Gasteiger partial charge in [0.05, 0.1) is 5.60 Å². The number of hydrogen-bond donors (Lipinski definition) is 2. The first kappa shape index (κ1) is 8.58. The molecule has 0 saturated heterocycles. The van der Waals surface area contributed by atoms with Gasteiger partial charge < -0.3 is 10.8 Å². The molecule has 1 aliphatic carbocycles. The van der Waals surface area contributed by atoms with Gasteiger partial charge in [-0.3, -0.25) is 0 Å². The van der Waals surface area contributed by atoms with E-state index >= 15 is 0 Å². The third-order valence-electron chi connectivity index (χ3n) is 2.39. The molecule has 2 heteroatoms. The Morgan fingerprint density at radius 3 is 2.55 bits per heavy atom. The van der Waals surface area contributed by atoms with Crippen LogP contribution < -0.4 is 5.73 Å². The highest BCUT2D eigenvalue weighted by atomic mass is 16.3. The quantitative estimate of drug-likeness (QED) is 0.543. The van der Waals surface area contributed by atoms with Gasteiger partial charge in [-0.15, -0.1) is 12.3 Å². The molecule has 0 heterocycles. The van der Waals surface area contributed by atoms with Crippen molar-refractivity contribution in [3.05, 3.63) is 0 Å². The Bertz CT molecular complexity index is 163.